The van der Waals surface area contributed by atoms with Crippen molar-refractivity contribution >= 4 is 33.3 Å². The molecule has 0 radical (unpaired) electrons. The summed E-state index contributed by atoms with van der Waals surface area (Å²) in [4.78, 5) is 24.3. The third-order valence-corrected chi connectivity index (χ3v) is 5.31. The summed E-state index contributed by atoms with van der Waals surface area (Å²) >= 11 is 1.14. The predicted octanol–water partition coefficient (Wildman–Crippen LogP) is 4.00. The number of hydrogen-bond acceptors (Lipinski definition) is 4. The fraction of sp³-hybridized carbons (Fsp3) is 0.200. The number of esters is 1. The van der Waals surface area contributed by atoms with Gasteiger partial charge < -0.3 is 10.1 Å². The van der Waals surface area contributed by atoms with Crippen molar-refractivity contribution in [3.63, 3.8) is 0 Å². The van der Waals surface area contributed by atoms with E-state index in [9.17, 15) is 18.4 Å². The highest BCUT2D eigenvalue weighted by atomic mass is 32.1. The second-order valence-corrected chi connectivity index (χ2v) is 7.02. The summed E-state index contributed by atoms with van der Waals surface area (Å²) in [6.45, 7) is 1.58. The number of fused-ring (bicyclic) bond motifs is 1. The second-order valence-electron chi connectivity index (χ2n) is 5.97. The summed E-state index contributed by atoms with van der Waals surface area (Å²) in [6, 6.07) is 10.7. The Morgan fingerprint density at radius 3 is 2.56 bits per heavy atom. The largest absolute Gasteiger partial charge is 0.451 e. The van der Waals surface area contributed by atoms with Crippen LogP contribution in [0.1, 0.15) is 20.8 Å². The first-order chi connectivity index (χ1) is 13.0. The fourth-order valence-electron chi connectivity index (χ4n) is 2.69. The monoisotopic (exact) mass is 389 g/mol. The number of carbonyl (C=O) groups is 2. The number of nitrogens with one attached hydrogen (secondary N) is 1. The standard InChI is InChI=1S/C20H17F2NO3S/c1-12-18-15(22)3-2-4-16(18)27-19(12)20(25)26-11-17(24)23-10-9-13-5-7-14(21)8-6-13/h2-8H,9-11H2,1H3,(H,23,24). The van der Waals surface area contributed by atoms with Crippen LogP contribution in [0.5, 0.6) is 0 Å². The van der Waals surface area contributed by atoms with Crippen molar-refractivity contribution in [1.29, 1.82) is 0 Å². The zero-order chi connectivity index (χ0) is 19.4. The van der Waals surface area contributed by atoms with Crippen LogP contribution in [0.15, 0.2) is 42.5 Å². The van der Waals surface area contributed by atoms with Gasteiger partial charge in [-0.3, -0.25) is 4.79 Å². The Bertz CT molecular complexity index is 983. The Kier molecular flexibility index (Phi) is 5.81. The molecule has 0 aliphatic carbocycles. The summed E-state index contributed by atoms with van der Waals surface area (Å²) in [5, 5.41) is 3.04. The van der Waals surface area contributed by atoms with E-state index in [0.717, 1.165) is 16.9 Å². The highest BCUT2D eigenvalue weighted by Gasteiger charge is 2.19. The molecule has 27 heavy (non-hydrogen) atoms. The number of ether oxygens (including phenoxy) is 1. The van der Waals surface area contributed by atoms with Gasteiger partial charge in [0.05, 0.1) is 0 Å². The van der Waals surface area contributed by atoms with E-state index in [4.69, 9.17) is 4.74 Å². The van der Waals surface area contributed by atoms with Gasteiger partial charge in [0, 0.05) is 16.6 Å². The maximum atomic E-state index is 13.9. The van der Waals surface area contributed by atoms with Crippen molar-refractivity contribution in [3.05, 3.63) is 70.1 Å². The highest BCUT2D eigenvalue weighted by molar-refractivity contribution is 7.21. The zero-order valence-corrected chi connectivity index (χ0v) is 15.4. The topological polar surface area (TPSA) is 55.4 Å². The van der Waals surface area contributed by atoms with Gasteiger partial charge in [0.2, 0.25) is 0 Å². The molecule has 0 unspecified atom stereocenters. The fourth-order valence-corrected chi connectivity index (χ4v) is 3.81. The molecule has 3 aromatic rings. The van der Waals surface area contributed by atoms with E-state index < -0.39 is 18.5 Å². The average Bonchev–Trinajstić information content (AvgIpc) is 2.99. The Labute approximate surface area is 158 Å². The van der Waals surface area contributed by atoms with Crippen LogP contribution in [-0.4, -0.2) is 25.0 Å². The molecule has 1 aromatic heterocycles. The van der Waals surface area contributed by atoms with Crippen LogP contribution in [0.2, 0.25) is 0 Å². The molecular weight excluding hydrogens is 372 g/mol. The molecule has 1 heterocycles. The molecule has 0 saturated carbocycles. The van der Waals surface area contributed by atoms with Gasteiger partial charge in [0.1, 0.15) is 16.5 Å². The SMILES string of the molecule is Cc1c(C(=O)OCC(=O)NCCc2ccc(F)cc2)sc2cccc(F)c12. The van der Waals surface area contributed by atoms with Gasteiger partial charge in [-0.15, -0.1) is 11.3 Å². The zero-order valence-electron chi connectivity index (χ0n) is 14.6. The van der Waals surface area contributed by atoms with Gasteiger partial charge in [0.25, 0.3) is 5.91 Å². The summed E-state index contributed by atoms with van der Waals surface area (Å²) in [5.41, 5.74) is 1.39. The highest BCUT2D eigenvalue weighted by Crippen LogP contribution is 2.32. The van der Waals surface area contributed by atoms with E-state index in [1.54, 1.807) is 31.2 Å². The second kappa shape index (κ2) is 8.26. The summed E-state index contributed by atoms with van der Waals surface area (Å²) < 4.78 is 32.4. The van der Waals surface area contributed by atoms with Crippen LogP contribution in [-0.2, 0) is 16.0 Å². The van der Waals surface area contributed by atoms with E-state index in [1.807, 2.05) is 0 Å². The van der Waals surface area contributed by atoms with Crippen LogP contribution in [0, 0.1) is 18.6 Å². The van der Waals surface area contributed by atoms with Crippen LogP contribution in [0.4, 0.5) is 8.78 Å². The quantitative estimate of drug-likeness (QED) is 0.649. The summed E-state index contributed by atoms with van der Waals surface area (Å²) in [6.07, 6.45) is 0.536. The van der Waals surface area contributed by atoms with Crippen molar-refractivity contribution in [2.45, 2.75) is 13.3 Å². The Morgan fingerprint density at radius 2 is 1.85 bits per heavy atom. The Morgan fingerprint density at radius 1 is 1.11 bits per heavy atom. The summed E-state index contributed by atoms with van der Waals surface area (Å²) in [7, 11) is 0. The first kappa shape index (κ1) is 19.0. The molecule has 0 bridgehead atoms. The van der Waals surface area contributed by atoms with Gasteiger partial charge in [-0.25, -0.2) is 13.6 Å². The molecule has 0 saturated heterocycles. The van der Waals surface area contributed by atoms with Crippen LogP contribution < -0.4 is 5.32 Å². The summed E-state index contributed by atoms with van der Waals surface area (Å²) in [5.74, 6) is -1.79. The average molecular weight is 389 g/mol. The van der Waals surface area contributed by atoms with Crippen molar-refractivity contribution in [2.75, 3.05) is 13.2 Å². The van der Waals surface area contributed by atoms with E-state index in [1.165, 1.54) is 18.2 Å². The van der Waals surface area contributed by atoms with Crippen molar-refractivity contribution in [2.24, 2.45) is 0 Å². The maximum Gasteiger partial charge on any atom is 0.349 e. The molecule has 0 spiro atoms. The van der Waals surface area contributed by atoms with Gasteiger partial charge in [-0.05, 0) is 48.7 Å². The molecule has 0 aliphatic rings. The minimum atomic E-state index is -0.651. The Balaban J connectivity index is 1.51. The lowest BCUT2D eigenvalue weighted by Gasteiger charge is -2.06. The van der Waals surface area contributed by atoms with Gasteiger partial charge in [0.15, 0.2) is 6.61 Å². The number of rotatable bonds is 6. The first-order valence-corrected chi connectivity index (χ1v) is 9.13. The number of amides is 1. The molecule has 140 valence electrons. The van der Waals surface area contributed by atoms with E-state index in [2.05, 4.69) is 5.32 Å². The van der Waals surface area contributed by atoms with Crippen molar-refractivity contribution in [1.82, 2.24) is 5.32 Å². The van der Waals surface area contributed by atoms with Crippen LogP contribution in [0.25, 0.3) is 10.1 Å². The van der Waals surface area contributed by atoms with E-state index in [-0.39, 0.29) is 16.5 Å². The number of benzene rings is 2. The lowest BCUT2D eigenvalue weighted by atomic mass is 10.1. The minimum Gasteiger partial charge on any atom is -0.451 e. The van der Waals surface area contributed by atoms with E-state index in [0.29, 0.717) is 28.6 Å². The van der Waals surface area contributed by atoms with Crippen LogP contribution in [0.3, 0.4) is 0 Å². The Hall–Kier alpha value is -2.80. The first-order valence-electron chi connectivity index (χ1n) is 8.31. The number of aryl methyl sites for hydroxylation is 1. The molecule has 7 heteroatoms. The molecule has 1 N–H and O–H groups in total. The maximum absolute atomic E-state index is 13.9. The lowest BCUT2D eigenvalue weighted by molar-refractivity contribution is -0.124. The molecule has 0 aliphatic heterocycles. The van der Waals surface area contributed by atoms with Gasteiger partial charge in [-0.1, -0.05) is 18.2 Å². The molecule has 0 atom stereocenters. The normalized spacial score (nSPS) is 10.8. The van der Waals surface area contributed by atoms with Crippen molar-refractivity contribution < 1.29 is 23.1 Å². The number of hydrogen-bond donors (Lipinski definition) is 1. The smallest absolute Gasteiger partial charge is 0.349 e. The molecule has 1 amide bonds. The lowest BCUT2D eigenvalue weighted by Crippen LogP contribution is -2.30. The van der Waals surface area contributed by atoms with Crippen molar-refractivity contribution in [3.8, 4) is 0 Å². The molecule has 3 rings (SSSR count). The van der Waals surface area contributed by atoms with Crippen LogP contribution >= 0.6 is 11.3 Å². The third-order valence-electron chi connectivity index (χ3n) is 4.07. The molecule has 2 aromatic carbocycles. The molecular formula is C20H17F2NO3S. The minimum absolute atomic E-state index is 0.286. The molecule has 4 nitrogen and oxygen atoms in total. The predicted molar refractivity (Wildman–Crippen MR) is 99.9 cm³/mol. The number of thiophene rings is 1. The van der Waals surface area contributed by atoms with E-state index >= 15 is 0 Å². The van der Waals surface area contributed by atoms with Gasteiger partial charge >= 0.3 is 5.97 Å². The molecule has 0 fully saturated rings. The van der Waals surface area contributed by atoms with Gasteiger partial charge in [-0.2, -0.15) is 0 Å². The third kappa shape index (κ3) is 4.49. The number of carbonyl (C=O) groups excluding carboxylic acids is 2. The number of halogens is 2.